The summed E-state index contributed by atoms with van der Waals surface area (Å²) in [7, 11) is 0. The Bertz CT molecular complexity index is 445. The summed E-state index contributed by atoms with van der Waals surface area (Å²) >= 11 is 0. The van der Waals surface area contributed by atoms with Gasteiger partial charge in [-0.1, -0.05) is 13.3 Å². The van der Waals surface area contributed by atoms with Crippen LogP contribution in [0, 0.1) is 16.0 Å². The van der Waals surface area contributed by atoms with Gasteiger partial charge in [0.2, 0.25) is 0 Å². The number of hydrogen-bond donors (Lipinski definition) is 2. The molecular weight excluding hydrogens is 272 g/mol. The van der Waals surface area contributed by atoms with E-state index in [1.165, 1.54) is 6.07 Å². The van der Waals surface area contributed by atoms with E-state index in [4.69, 9.17) is 9.84 Å². The lowest BCUT2D eigenvalue weighted by molar-refractivity contribution is -0.385. The van der Waals surface area contributed by atoms with Crippen LogP contribution >= 0.6 is 0 Å². The minimum atomic E-state index is -0.444. The lowest BCUT2D eigenvalue weighted by Gasteiger charge is -2.17. The van der Waals surface area contributed by atoms with E-state index in [0.29, 0.717) is 12.5 Å². The Morgan fingerprint density at radius 3 is 2.71 bits per heavy atom. The summed E-state index contributed by atoms with van der Waals surface area (Å²) in [6.07, 6.45) is 2.86. The van der Waals surface area contributed by atoms with Crippen molar-refractivity contribution in [1.82, 2.24) is 0 Å². The first kappa shape index (κ1) is 17.2. The maximum atomic E-state index is 10.9. The molecule has 0 heterocycles. The van der Waals surface area contributed by atoms with Crippen molar-refractivity contribution in [3.8, 4) is 5.75 Å². The van der Waals surface area contributed by atoms with Crippen LogP contribution in [0.4, 0.5) is 11.4 Å². The van der Waals surface area contributed by atoms with Gasteiger partial charge in [-0.15, -0.1) is 0 Å². The molecule has 0 aliphatic rings. The molecule has 1 aromatic rings. The van der Waals surface area contributed by atoms with Crippen LogP contribution in [-0.2, 0) is 0 Å². The van der Waals surface area contributed by atoms with E-state index in [0.717, 1.165) is 31.5 Å². The first-order valence-electron chi connectivity index (χ1n) is 7.38. The van der Waals surface area contributed by atoms with Gasteiger partial charge in [-0.3, -0.25) is 10.1 Å². The maximum Gasteiger partial charge on any atom is 0.311 e. The molecule has 0 aliphatic heterocycles. The molecular formula is C15H24N2O4. The zero-order chi connectivity index (χ0) is 15.7. The summed E-state index contributed by atoms with van der Waals surface area (Å²) in [5.41, 5.74) is 0.769. The van der Waals surface area contributed by atoms with Crippen molar-refractivity contribution in [1.29, 1.82) is 0 Å². The number of ether oxygens (including phenoxy) is 1. The highest BCUT2D eigenvalue weighted by Gasteiger charge is 2.15. The van der Waals surface area contributed by atoms with E-state index in [-0.39, 0.29) is 18.0 Å². The maximum absolute atomic E-state index is 10.9. The zero-order valence-corrected chi connectivity index (χ0v) is 12.7. The predicted molar refractivity (Wildman–Crippen MR) is 82.9 cm³/mol. The number of rotatable bonds is 10. The molecule has 1 atom stereocenters. The Kier molecular flexibility index (Phi) is 7.53. The molecule has 1 unspecified atom stereocenters. The summed E-state index contributed by atoms with van der Waals surface area (Å²) in [4.78, 5) is 10.5. The van der Waals surface area contributed by atoms with Crippen molar-refractivity contribution in [2.24, 2.45) is 5.92 Å². The third-order valence-corrected chi connectivity index (χ3v) is 3.29. The highest BCUT2D eigenvalue weighted by molar-refractivity contribution is 5.58. The van der Waals surface area contributed by atoms with E-state index in [1.54, 1.807) is 19.1 Å². The Morgan fingerprint density at radius 1 is 1.38 bits per heavy atom. The smallest absolute Gasteiger partial charge is 0.311 e. The van der Waals surface area contributed by atoms with Gasteiger partial charge in [0.05, 0.1) is 11.5 Å². The number of nitrogens with one attached hydrogen (secondary N) is 1. The summed E-state index contributed by atoms with van der Waals surface area (Å²) in [5.74, 6) is 0.674. The molecule has 0 saturated carbocycles. The number of aliphatic hydroxyl groups excluding tert-OH is 1. The summed E-state index contributed by atoms with van der Waals surface area (Å²) < 4.78 is 5.32. The number of nitro groups is 1. The van der Waals surface area contributed by atoms with Crippen molar-refractivity contribution in [3.05, 3.63) is 28.3 Å². The first-order chi connectivity index (χ1) is 10.1. The number of anilines is 1. The molecule has 6 nitrogen and oxygen atoms in total. The zero-order valence-electron chi connectivity index (χ0n) is 12.7. The molecule has 0 radical (unpaired) electrons. The fourth-order valence-electron chi connectivity index (χ4n) is 2.25. The van der Waals surface area contributed by atoms with Crippen molar-refractivity contribution in [3.63, 3.8) is 0 Å². The normalized spacial score (nSPS) is 12.0. The summed E-state index contributed by atoms with van der Waals surface area (Å²) in [6, 6.07) is 4.79. The molecule has 0 saturated heterocycles. The van der Waals surface area contributed by atoms with Gasteiger partial charge in [-0.2, -0.15) is 0 Å². The number of nitro benzene ring substituents is 1. The Morgan fingerprint density at radius 2 is 2.14 bits per heavy atom. The highest BCUT2D eigenvalue weighted by atomic mass is 16.6. The molecule has 0 amide bonds. The minimum Gasteiger partial charge on any atom is -0.487 e. The molecule has 118 valence electrons. The van der Waals surface area contributed by atoms with Gasteiger partial charge in [-0.25, -0.2) is 0 Å². The molecule has 0 aromatic heterocycles. The standard InChI is InChI=1S/C15H24N2O4/c1-3-5-12(8-9-18)11-16-13-6-7-14(17(19)20)15(10-13)21-4-2/h6-7,10,12,16,18H,3-5,8-9,11H2,1-2H3. The minimum absolute atomic E-state index is 0.0251. The quantitative estimate of drug-likeness (QED) is 0.511. The molecule has 0 fully saturated rings. The Labute approximate surface area is 125 Å². The lowest BCUT2D eigenvalue weighted by atomic mass is 10.00. The summed E-state index contributed by atoms with van der Waals surface area (Å²) in [6.45, 7) is 5.20. The highest BCUT2D eigenvalue weighted by Crippen LogP contribution is 2.30. The average Bonchev–Trinajstić information content (AvgIpc) is 2.45. The van der Waals surface area contributed by atoms with Crippen molar-refractivity contribution < 1.29 is 14.8 Å². The molecule has 0 spiro atoms. The van der Waals surface area contributed by atoms with Crippen LogP contribution in [0.5, 0.6) is 5.75 Å². The molecule has 1 rings (SSSR count). The van der Waals surface area contributed by atoms with Gasteiger partial charge in [-0.05, 0) is 31.7 Å². The van der Waals surface area contributed by atoms with Gasteiger partial charge >= 0.3 is 5.69 Å². The number of benzene rings is 1. The molecule has 1 aromatic carbocycles. The van der Waals surface area contributed by atoms with Gasteiger partial charge in [0.15, 0.2) is 5.75 Å². The van der Waals surface area contributed by atoms with E-state index in [9.17, 15) is 10.1 Å². The van der Waals surface area contributed by atoms with Gasteiger partial charge in [0, 0.05) is 31.0 Å². The fourth-order valence-corrected chi connectivity index (χ4v) is 2.25. The number of hydrogen-bond acceptors (Lipinski definition) is 5. The second-order valence-electron chi connectivity index (χ2n) is 4.92. The van der Waals surface area contributed by atoms with Crippen LogP contribution in [0.15, 0.2) is 18.2 Å². The number of aliphatic hydroxyl groups is 1. The van der Waals surface area contributed by atoms with Crippen molar-refractivity contribution >= 4 is 11.4 Å². The molecule has 0 aliphatic carbocycles. The van der Waals surface area contributed by atoms with E-state index in [2.05, 4.69) is 12.2 Å². The largest absolute Gasteiger partial charge is 0.487 e. The summed E-state index contributed by atoms with van der Waals surface area (Å²) in [5, 5.41) is 23.2. The number of nitrogens with zero attached hydrogens (tertiary/aromatic N) is 1. The van der Waals surface area contributed by atoms with Crippen molar-refractivity contribution in [2.75, 3.05) is 25.1 Å². The first-order valence-corrected chi connectivity index (χ1v) is 7.38. The van der Waals surface area contributed by atoms with Crippen LogP contribution in [0.25, 0.3) is 0 Å². The van der Waals surface area contributed by atoms with Crippen molar-refractivity contribution in [2.45, 2.75) is 33.1 Å². The second kappa shape index (κ2) is 9.18. The van der Waals surface area contributed by atoms with E-state index < -0.39 is 4.92 Å². The van der Waals surface area contributed by atoms with Gasteiger partial charge in [0.25, 0.3) is 0 Å². The molecule has 0 bridgehead atoms. The van der Waals surface area contributed by atoms with E-state index in [1.807, 2.05) is 0 Å². The van der Waals surface area contributed by atoms with Crippen LogP contribution in [0.2, 0.25) is 0 Å². The topological polar surface area (TPSA) is 84.6 Å². The lowest BCUT2D eigenvalue weighted by Crippen LogP contribution is -2.15. The molecule has 6 heteroatoms. The van der Waals surface area contributed by atoms with Crippen LogP contribution in [0.3, 0.4) is 0 Å². The predicted octanol–water partition coefficient (Wildman–Crippen LogP) is 3.20. The average molecular weight is 296 g/mol. The monoisotopic (exact) mass is 296 g/mol. The Hall–Kier alpha value is -1.82. The third-order valence-electron chi connectivity index (χ3n) is 3.29. The van der Waals surface area contributed by atoms with Crippen LogP contribution < -0.4 is 10.1 Å². The van der Waals surface area contributed by atoms with Gasteiger partial charge in [0.1, 0.15) is 0 Å². The third kappa shape index (κ3) is 5.59. The fraction of sp³-hybridized carbons (Fsp3) is 0.600. The Balaban J connectivity index is 2.74. The molecule has 21 heavy (non-hydrogen) atoms. The molecule has 2 N–H and O–H groups in total. The SMILES string of the molecule is CCCC(CCO)CNc1ccc([N+](=O)[O-])c(OCC)c1. The van der Waals surface area contributed by atoms with E-state index >= 15 is 0 Å². The van der Waals surface area contributed by atoms with Crippen LogP contribution in [-0.4, -0.2) is 29.8 Å². The van der Waals surface area contributed by atoms with Crippen LogP contribution in [0.1, 0.15) is 33.1 Å². The second-order valence-corrected chi connectivity index (χ2v) is 4.92. The van der Waals surface area contributed by atoms with Gasteiger partial charge < -0.3 is 15.2 Å².